The van der Waals surface area contributed by atoms with Crippen molar-refractivity contribution in [3.63, 3.8) is 0 Å². The molecule has 0 saturated heterocycles. The van der Waals surface area contributed by atoms with Gasteiger partial charge < -0.3 is 14.9 Å². The molecule has 0 aromatic carbocycles. The Morgan fingerprint density at radius 2 is 2.23 bits per heavy atom. The van der Waals surface area contributed by atoms with E-state index in [1.807, 2.05) is 20.8 Å². The molecule has 2 aromatic heterocycles. The first-order valence-electron chi connectivity index (χ1n) is 7.30. The van der Waals surface area contributed by atoms with Crippen LogP contribution in [0.15, 0.2) is 22.9 Å². The van der Waals surface area contributed by atoms with Gasteiger partial charge in [-0.1, -0.05) is 32.3 Å². The Morgan fingerprint density at radius 3 is 2.82 bits per heavy atom. The van der Waals surface area contributed by atoms with Gasteiger partial charge in [0, 0.05) is 17.7 Å². The number of aliphatic carboxylic acids is 1. The molecule has 0 spiro atoms. The van der Waals surface area contributed by atoms with E-state index in [-0.39, 0.29) is 5.92 Å². The smallest absolute Gasteiger partial charge is 0.326 e. The van der Waals surface area contributed by atoms with Crippen LogP contribution in [0.25, 0.3) is 11.5 Å². The molecule has 1 unspecified atom stereocenters. The van der Waals surface area contributed by atoms with Crippen LogP contribution >= 0.6 is 0 Å². The fraction of sp³-hybridized carbons (Fsp3) is 0.467. The summed E-state index contributed by atoms with van der Waals surface area (Å²) in [5.74, 6) is 0.793. The molecule has 2 aromatic rings. The molecule has 0 bridgehead atoms. The molecule has 0 amide bonds. The van der Waals surface area contributed by atoms with Crippen molar-refractivity contribution in [2.24, 2.45) is 0 Å². The molecule has 2 rings (SSSR count). The predicted octanol–water partition coefficient (Wildman–Crippen LogP) is 2.92. The second kappa shape index (κ2) is 7.02. The molecule has 0 aliphatic rings. The first-order valence-corrected chi connectivity index (χ1v) is 7.30. The third-order valence-corrected chi connectivity index (χ3v) is 3.16. The number of anilines is 1. The summed E-state index contributed by atoms with van der Waals surface area (Å²) in [4.78, 5) is 19.7. The second-order valence-electron chi connectivity index (χ2n) is 5.37. The lowest BCUT2D eigenvalue weighted by Crippen LogP contribution is -2.29. The summed E-state index contributed by atoms with van der Waals surface area (Å²) in [7, 11) is 0. The maximum absolute atomic E-state index is 11.2. The van der Waals surface area contributed by atoms with Crippen LogP contribution in [-0.2, 0) is 4.79 Å². The maximum atomic E-state index is 11.2. The molecule has 2 N–H and O–H groups in total. The minimum Gasteiger partial charge on any atom is -0.480 e. The van der Waals surface area contributed by atoms with Crippen LogP contribution in [0.5, 0.6) is 0 Å². The highest BCUT2D eigenvalue weighted by Gasteiger charge is 2.17. The van der Waals surface area contributed by atoms with Gasteiger partial charge in [-0.05, 0) is 18.6 Å². The topological polar surface area (TPSA) is 101 Å². The van der Waals surface area contributed by atoms with Crippen molar-refractivity contribution in [1.82, 2.24) is 15.1 Å². The van der Waals surface area contributed by atoms with Gasteiger partial charge in [-0.25, -0.2) is 9.78 Å². The molecule has 1 atom stereocenters. The zero-order chi connectivity index (χ0) is 16.1. The average Bonchev–Trinajstić information content (AvgIpc) is 2.97. The predicted molar refractivity (Wildman–Crippen MR) is 81.6 cm³/mol. The zero-order valence-electron chi connectivity index (χ0n) is 12.9. The van der Waals surface area contributed by atoms with Crippen LogP contribution in [-0.4, -0.2) is 32.2 Å². The summed E-state index contributed by atoms with van der Waals surface area (Å²) in [6, 6.07) is 2.79. The van der Waals surface area contributed by atoms with Gasteiger partial charge in [0.15, 0.2) is 5.82 Å². The molecule has 0 fully saturated rings. The molecule has 2 heterocycles. The lowest BCUT2D eigenvalue weighted by atomic mass is 10.1. The number of nitrogens with one attached hydrogen (secondary N) is 1. The molecule has 7 heteroatoms. The lowest BCUT2D eigenvalue weighted by molar-refractivity contribution is -0.138. The zero-order valence-corrected chi connectivity index (χ0v) is 12.9. The summed E-state index contributed by atoms with van der Waals surface area (Å²) in [6.45, 7) is 5.90. The van der Waals surface area contributed by atoms with Crippen molar-refractivity contribution in [2.75, 3.05) is 5.32 Å². The average molecular weight is 304 g/mol. The van der Waals surface area contributed by atoms with Gasteiger partial charge in [0.25, 0.3) is 5.89 Å². The normalized spacial score (nSPS) is 12.4. The van der Waals surface area contributed by atoms with E-state index < -0.39 is 12.0 Å². The number of aromatic nitrogens is 3. The Labute approximate surface area is 128 Å². The molecule has 0 aliphatic heterocycles. The van der Waals surface area contributed by atoms with Crippen LogP contribution in [0.1, 0.15) is 45.4 Å². The van der Waals surface area contributed by atoms with Crippen molar-refractivity contribution in [3.8, 4) is 11.5 Å². The number of carboxylic acid groups (broad SMARTS) is 1. The number of carboxylic acids is 1. The molecule has 0 radical (unpaired) electrons. The number of nitrogens with zero attached hydrogens (tertiary/aromatic N) is 3. The van der Waals surface area contributed by atoms with Crippen molar-refractivity contribution >= 4 is 11.8 Å². The summed E-state index contributed by atoms with van der Waals surface area (Å²) >= 11 is 0. The first-order chi connectivity index (χ1) is 10.5. The minimum atomic E-state index is -0.895. The highest BCUT2D eigenvalue weighted by molar-refractivity contribution is 5.77. The van der Waals surface area contributed by atoms with E-state index in [9.17, 15) is 9.90 Å². The molecular weight excluding hydrogens is 284 g/mol. The summed E-state index contributed by atoms with van der Waals surface area (Å²) < 4.78 is 5.23. The number of hydrogen-bond acceptors (Lipinski definition) is 6. The standard InChI is InChI=1S/C15H20N4O3/c1-4-5-11(15(20)21)17-12-8-10(6-7-16-12)14-18-13(9(2)3)19-22-14/h6-9,11H,4-5H2,1-3H3,(H,16,17)(H,20,21). The first kappa shape index (κ1) is 15.9. The molecule has 118 valence electrons. The Hall–Kier alpha value is -2.44. The molecular formula is C15H20N4O3. The van der Waals surface area contributed by atoms with Gasteiger partial charge in [0.05, 0.1) is 0 Å². The van der Waals surface area contributed by atoms with E-state index >= 15 is 0 Å². The van der Waals surface area contributed by atoms with Gasteiger partial charge in [0.1, 0.15) is 11.9 Å². The van der Waals surface area contributed by atoms with E-state index in [2.05, 4.69) is 20.4 Å². The van der Waals surface area contributed by atoms with Gasteiger partial charge >= 0.3 is 5.97 Å². The Bertz CT molecular complexity index is 639. The van der Waals surface area contributed by atoms with Gasteiger partial charge in [-0.2, -0.15) is 4.98 Å². The van der Waals surface area contributed by atoms with Gasteiger partial charge in [-0.15, -0.1) is 0 Å². The van der Waals surface area contributed by atoms with E-state index in [1.54, 1.807) is 18.3 Å². The monoisotopic (exact) mass is 304 g/mol. The Balaban J connectivity index is 2.20. The van der Waals surface area contributed by atoms with Crippen LogP contribution in [0.2, 0.25) is 0 Å². The van der Waals surface area contributed by atoms with Gasteiger partial charge in [-0.3, -0.25) is 0 Å². The van der Waals surface area contributed by atoms with E-state index in [1.165, 1.54) is 0 Å². The van der Waals surface area contributed by atoms with E-state index in [0.717, 1.165) is 6.42 Å². The largest absolute Gasteiger partial charge is 0.480 e. The highest BCUT2D eigenvalue weighted by Crippen LogP contribution is 2.22. The number of carbonyl (C=O) groups is 1. The quantitative estimate of drug-likeness (QED) is 0.810. The SMILES string of the molecule is CCCC(Nc1cc(-c2nc(C(C)C)no2)ccn1)C(=O)O. The Morgan fingerprint density at radius 1 is 1.45 bits per heavy atom. The van der Waals surface area contributed by atoms with Crippen LogP contribution in [0.4, 0.5) is 5.82 Å². The van der Waals surface area contributed by atoms with E-state index in [0.29, 0.717) is 29.5 Å². The number of rotatable bonds is 7. The van der Waals surface area contributed by atoms with Crippen LogP contribution in [0.3, 0.4) is 0 Å². The van der Waals surface area contributed by atoms with Gasteiger partial charge in [0.2, 0.25) is 0 Å². The lowest BCUT2D eigenvalue weighted by Gasteiger charge is -2.14. The summed E-state index contributed by atoms with van der Waals surface area (Å²) in [5.41, 5.74) is 0.706. The number of pyridine rings is 1. The molecule has 7 nitrogen and oxygen atoms in total. The fourth-order valence-electron chi connectivity index (χ4n) is 1.95. The van der Waals surface area contributed by atoms with Crippen molar-refractivity contribution in [2.45, 2.75) is 45.6 Å². The second-order valence-corrected chi connectivity index (χ2v) is 5.37. The fourth-order valence-corrected chi connectivity index (χ4v) is 1.95. The van der Waals surface area contributed by atoms with Crippen molar-refractivity contribution in [3.05, 3.63) is 24.2 Å². The third-order valence-electron chi connectivity index (χ3n) is 3.16. The number of hydrogen-bond donors (Lipinski definition) is 2. The third kappa shape index (κ3) is 3.81. The maximum Gasteiger partial charge on any atom is 0.326 e. The van der Waals surface area contributed by atoms with Crippen molar-refractivity contribution in [1.29, 1.82) is 0 Å². The van der Waals surface area contributed by atoms with Crippen molar-refractivity contribution < 1.29 is 14.4 Å². The molecule has 22 heavy (non-hydrogen) atoms. The Kier molecular flexibility index (Phi) is 5.08. The summed E-state index contributed by atoms with van der Waals surface area (Å²) in [6.07, 6.45) is 2.88. The molecule has 0 saturated carbocycles. The van der Waals surface area contributed by atoms with E-state index in [4.69, 9.17) is 4.52 Å². The van der Waals surface area contributed by atoms with Crippen LogP contribution in [0, 0.1) is 0 Å². The minimum absolute atomic E-state index is 0.179. The van der Waals surface area contributed by atoms with Crippen LogP contribution < -0.4 is 5.32 Å². The summed E-state index contributed by atoms with van der Waals surface area (Å²) in [5, 5.41) is 16.0. The highest BCUT2D eigenvalue weighted by atomic mass is 16.5. The molecule has 0 aliphatic carbocycles.